The van der Waals surface area contributed by atoms with Gasteiger partial charge in [-0.25, -0.2) is 0 Å². The first-order valence-electron chi connectivity index (χ1n) is 6.84. The van der Waals surface area contributed by atoms with Gasteiger partial charge in [0.05, 0.1) is 0 Å². The van der Waals surface area contributed by atoms with Crippen LogP contribution >= 0.6 is 34.8 Å². The molecule has 0 aromatic heterocycles. The van der Waals surface area contributed by atoms with Crippen molar-refractivity contribution >= 4 is 40.7 Å². The second-order valence-corrected chi connectivity index (χ2v) is 7.33. The number of nitrogens with one attached hydrogen (secondary N) is 1. The van der Waals surface area contributed by atoms with E-state index in [1.165, 1.54) is 0 Å². The fourth-order valence-corrected chi connectivity index (χ4v) is 2.64. The molecule has 0 radical (unpaired) electrons. The van der Waals surface area contributed by atoms with Gasteiger partial charge >= 0.3 is 0 Å². The number of alkyl halides is 3. The first-order valence-corrected chi connectivity index (χ1v) is 7.98. The van der Waals surface area contributed by atoms with Crippen molar-refractivity contribution in [3.05, 3.63) is 35.9 Å². The van der Waals surface area contributed by atoms with Crippen LogP contribution in [0.1, 0.15) is 23.2 Å². The summed E-state index contributed by atoms with van der Waals surface area (Å²) in [6, 6.07) is 8.84. The van der Waals surface area contributed by atoms with Gasteiger partial charge in [-0.15, -0.1) is 0 Å². The maximum absolute atomic E-state index is 12.2. The second kappa shape index (κ2) is 7.65. The van der Waals surface area contributed by atoms with Crippen molar-refractivity contribution in [3.63, 3.8) is 0 Å². The molecule has 0 unspecified atom stereocenters. The molecule has 2 atom stereocenters. The van der Waals surface area contributed by atoms with Crippen LogP contribution in [0.5, 0.6) is 0 Å². The van der Waals surface area contributed by atoms with E-state index in [0.29, 0.717) is 12.1 Å². The number of quaternary nitrogens is 1. The third-order valence-corrected chi connectivity index (χ3v) is 4.04. The monoisotopic (exact) mass is 351 g/mol. The lowest BCUT2D eigenvalue weighted by Gasteiger charge is -2.24. The van der Waals surface area contributed by atoms with Gasteiger partial charge in [0, 0.05) is 12.2 Å². The number of hydrogen-bond acceptors (Lipinski definition) is 2. The highest BCUT2D eigenvalue weighted by Crippen LogP contribution is 2.27. The van der Waals surface area contributed by atoms with Gasteiger partial charge < -0.3 is 10.1 Å². The Morgan fingerprint density at radius 2 is 2.10 bits per heavy atom. The van der Waals surface area contributed by atoms with Gasteiger partial charge in [0.1, 0.15) is 12.6 Å². The van der Waals surface area contributed by atoms with Gasteiger partial charge in [0.15, 0.2) is 0 Å². The summed E-state index contributed by atoms with van der Waals surface area (Å²) in [5.41, 5.74) is 0.530. The number of hydrogen-bond donors (Lipinski definition) is 2. The number of ether oxygens (including phenoxy) is 1. The standard InChI is InChI=1S/C14H17Cl3N2O2/c15-14(16,17)13(18-9-11-7-4-8-21-11)19-12(20)10-5-2-1-3-6-10/h1-3,5-6,11,13,18H,4,7-9H2,(H,19,20)/p+1/t11-,13-/m1/s1. The zero-order valence-electron chi connectivity index (χ0n) is 11.4. The lowest BCUT2D eigenvalue weighted by Crippen LogP contribution is -2.97. The Kier molecular flexibility index (Phi) is 6.14. The normalized spacial score (nSPS) is 20.2. The molecule has 4 nitrogen and oxygen atoms in total. The SMILES string of the molecule is O=C(N[C@@H]([NH2+]C[C@H]1CCCO1)C(Cl)(Cl)Cl)c1ccccc1. The van der Waals surface area contributed by atoms with Crippen molar-refractivity contribution in [3.8, 4) is 0 Å². The van der Waals surface area contributed by atoms with Crippen molar-refractivity contribution in [2.75, 3.05) is 13.2 Å². The summed E-state index contributed by atoms with van der Waals surface area (Å²) in [6.45, 7) is 1.42. The number of carbonyl (C=O) groups is 1. The van der Waals surface area contributed by atoms with Crippen LogP contribution in [0.25, 0.3) is 0 Å². The average Bonchev–Trinajstić information content (AvgIpc) is 2.96. The van der Waals surface area contributed by atoms with Crippen LogP contribution in [0.4, 0.5) is 0 Å². The van der Waals surface area contributed by atoms with Gasteiger partial charge in [-0.1, -0.05) is 53.0 Å². The zero-order chi connectivity index (χ0) is 15.3. The van der Waals surface area contributed by atoms with Gasteiger partial charge in [-0.2, -0.15) is 0 Å². The average molecular weight is 353 g/mol. The van der Waals surface area contributed by atoms with Crippen molar-refractivity contribution in [1.82, 2.24) is 5.32 Å². The smallest absolute Gasteiger partial charge is 0.262 e. The first-order chi connectivity index (χ1) is 9.97. The largest absolute Gasteiger partial charge is 0.372 e. The Bertz CT molecular complexity index is 459. The van der Waals surface area contributed by atoms with Crippen molar-refractivity contribution in [2.45, 2.75) is 28.9 Å². The molecule has 7 heteroatoms. The Labute approximate surface area is 139 Å². The number of carbonyl (C=O) groups excluding carboxylic acids is 1. The maximum atomic E-state index is 12.2. The van der Waals surface area contributed by atoms with Crippen LogP contribution in [0.3, 0.4) is 0 Å². The van der Waals surface area contributed by atoms with Crippen LogP contribution in [-0.2, 0) is 4.74 Å². The Morgan fingerprint density at radius 1 is 1.38 bits per heavy atom. The van der Waals surface area contributed by atoms with Gasteiger partial charge in [0.25, 0.3) is 9.70 Å². The summed E-state index contributed by atoms with van der Waals surface area (Å²) in [5, 5.41) is 4.56. The molecule has 1 aromatic carbocycles. The van der Waals surface area contributed by atoms with Crippen molar-refractivity contribution in [1.29, 1.82) is 0 Å². The zero-order valence-corrected chi connectivity index (χ0v) is 13.7. The molecule has 1 heterocycles. The molecule has 2 rings (SSSR count). The van der Waals surface area contributed by atoms with E-state index in [1.54, 1.807) is 24.3 Å². The Hall–Kier alpha value is -0.520. The molecule has 1 amide bonds. The number of rotatable bonds is 5. The highest BCUT2D eigenvalue weighted by molar-refractivity contribution is 6.68. The molecule has 116 valence electrons. The summed E-state index contributed by atoms with van der Waals surface area (Å²) >= 11 is 17.9. The summed E-state index contributed by atoms with van der Waals surface area (Å²) in [7, 11) is 0. The van der Waals surface area contributed by atoms with E-state index in [2.05, 4.69) is 5.32 Å². The van der Waals surface area contributed by atoms with E-state index < -0.39 is 9.96 Å². The molecule has 21 heavy (non-hydrogen) atoms. The van der Waals surface area contributed by atoms with Crippen LogP contribution < -0.4 is 10.6 Å². The van der Waals surface area contributed by atoms with Crippen molar-refractivity contribution in [2.24, 2.45) is 0 Å². The highest BCUT2D eigenvalue weighted by Gasteiger charge is 2.38. The second-order valence-electron chi connectivity index (χ2n) is 4.97. The predicted molar refractivity (Wildman–Crippen MR) is 83.8 cm³/mol. The van der Waals surface area contributed by atoms with E-state index in [0.717, 1.165) is 19.4 Å². The van der Waals surface area contributed by atoms with Gasteiger partial charge in [-0.3, -0.25) is 10.1 Å². The quantitative estimate of drug-likeness (QED) is 0.628. The molecular formula is C14H18Cl3N2O2+. The molecule has 1 aliphatic rings. The lowest BCUT2D eigenvalue weighted by molar-refractivity contribution is -0.697. The van der Waals surface area contributed by atoms with E-state index in [4.69, 9.17) is 39.5 Å². The molecule has 1 fully saturated rings. The molecule has 1 aromatic rings. The van der Waals surface area contributed by atoms with E-state index in [9.17, 15) is 4.79 Å². The molecular weight excluding hydrogens is 335 g/mol. The van der Waals surface area contributed by atoms with Crippen LogP contribution in [0.2, 0.25) is 0 Å². The summed E-state index contributed by atoms with van der Waals surface area (Å²) in [5.74, 6) is -0.268. The number of nitrogens with two attached hydrogens (primary N) is 1. The fourth-order valence-electron chi connectivity index (χ4n) is 2.21. The van der Waals surface area contributed by atoms with Crippen LogP contribution in [-0.4, -0.2) is 35.1 Å². The minimum absolute atomic E-state index is 0.147. The minimum Gasteiger partial charge on any atom is -0.372 e. The summed E-state index contributed by atoms with van der Waals surface area (Å²) in [6.07, 6.45) is 1.52. The fraction of sp³-hybridized carbons (Fsp3) is 0.500. The summed E-state index contributed by atoms with van der Waals surface area (Å²) in [4.78, 5) is 12.2. The number of benzene rings is 1. The maximum Gasteiger partial charge on any atom is 0.262 e. The number of amides is 1. The molecule has 0 aliphatic carbocycles. The van der Waals surface area contributed by atoms with Gasteiger partial charge in [0.2, 0.25) is 6.17 Å². The minimum atomic E-state index is -1.59. The van der Waals surface area contributed by atoms with E-state index in [1.807, 2.05) is 11.4 Å². The Morgan fingerprint density at radius 3 is 2.67 bits per heavy atom. The number of halogens is 3. The first kappa shape index (κ1) is 16.8. The van der Waals surface area contributed by atoms with Crippen LogP contribution in [0, 0.1) is 0 Å². The molecule has 1 aliphatic heterocycles. The topological polar surface area (TPSA) is 54.9 Å². The third-order valence-electron chi connectivity index (χ3n) is 3.33. The van der Waals surface area contributed by atoms with E-state index >= 15 is 0 Å². The van der Waals surface area contributed by atoms with Crippen molar-refractivity contribution < 1.29 is 14.8 Å². The lowest BCUT2D eigenvalue weighted by atomic mass is 10.2. The molecule has 0 spiro atoms. The highest BCUT2D eigenvalue weighted by atomic mass is 35.6. The molecule has 0 saturated carbocycles. The predicted octanol–water partition coefficient (Wildman–Crippen LogP) is 1.86. The van der Waals surface area contributed by atoms with Gasteiger partial charge in [-0.05, 0) is 25.0 Å². The van der Waals surface area contributed by atoms with E-state index in [-0.39, 0.29) is 12.0 Å². The third kappa shape index (κ3) is 5.31. The summed E-state index contributed by atoms with van der Waals surface area (Å²) < 4.78 is 3.94. The van der Waals surface area contributed by atoms with Crippen LogP contribution in [0.15, 0.2) is 30.3 Å². The molecule has 0 bridgehead atoms. The Balaban J connectivity index is 1.94. The molecule has 1 saturated heterocycles. The molecule has 3 N–H and O–H groups in total.